The first-order valence-corrected chi connectivity index (χ1v) is 9.45. The minimum atomic E-state index is -0.333. The maximum atomic E-state index is 12.1. The lowest BCUT2D eigenvalue weighted by Crippen LogP contribution is -2.34. The van der Waals surface area contributed by atoms with Crippen LogP contribution in [0.5, 0.6) is 11.5 Å². The van der Waals surface area contributed by atoms with Crippen molar-refractivity contribution >= 4 is 0 Å². The molecule has 0 bridgehead atoms. The van der Waals surface area contributed by atoms with Gasteiger partial charge in [-0.05, 0) is 43.2 Å². The molecule has 2 heterocycles. The van der Waals surface area contributed by atoms with E-state index in [-0.39, 0.29) is 17.3 Å². The van der Waals surface area contributed by atoms with Gasteiger partial charge in [0.25, 0.3) is 5.56 Å². The molecule has 0 spiro atoms. The molecule has 1 aliphatic rings. The maximum Gasteiger partial charge on any atom is 0.328 e. The fourth-order valence-corrected chi connectivity index (χ4v) is 3.63. The van der Waals surface area contributed by atoms with E-state index in [9.17, 15) is 9.59 Å². The molecule has 6 nitrogen and oxygen atoms in total. The van der Waals surface area contributed by atoms with Crippen LogP contribution in [-0.4, -0.2) is 27.5 Å². The summed E-state index contributed by atoms with van der Waals surface area (Å²) >= 11 is 0. The zero-order chi connectivity index (χ0) is 19.5. The summed E-state index contributed by atoms with van der Waals surface area (Å²) in [5, 5.41) is 0. The summed E-state index contributed by atoms with van der Waals surface area (Å²) < 4.78 is 7.57. The van der Waals surface area contributed by atoms with Crippen LogP contribution in [0.2, 0.25) is 0 Å². The number of likely N-dealkylation sites (tertiary alicyclic amines) is 1. The number of aromatic amines is 1. The van der Waals surface area contributed by atoms with Gasteiger partial charge in [-0.25, -0.2) is 4.79 Å². The van der Waals surface area contributed by atoms with Gasteiger partial charge in [-0.3, -0.25) is 19.2 Å². The molecule has 1 aromatic heterocycles. The van der Waals surface area contributed by atoms with Crippen molar-refractivity contribution in [2.24, 2.45) is 0 Å². The molecular weight excluding hydrogens is 354 g/mol. The molecule has 3 aromatic rings. The molecule has 2 aromatic carbocycles. The van der Waals surface area contributed by atoms with Crippen LogP contribution in [-0.2, 0) is 6.54 Å². The van der Waals surface area contributed by atoms with Crippen LogP contribution in [0.1, 0.15) is 23.6 Å². The van der Waals surface area contributed by atoms with Gasteiger partial charge in [0.2, 0.25) is 0 Å². The molecule has 144 valence electrons. The number of rotatable bonds is 5. The van der Waals surface area contributed by atoms with Gasteiger partial charge in [0.1, 0.15) is 11.5 Å². The number of ether oxygens (including phenoxy) is 1. The summed E-state index contributed by atoms with van der Waals surface area (Å²) in [5.41, 5.74) is 1.08. The van der Waals surface area contributed by atoms with Crippen LogP contribution in [0.3, 0.4) is 0 Å². The monoisotopic (exact) mass is 377 g/mol. The quantitative estimate of drug-likeness (QED) is 0.742. The number of para-hydroxylation sites is 1. The maximum absolute atomic E-state index is 12.1. The van der Waals surface area contributed by atoms with Gasteiger partial charge in [0, 0.05) is 31.4 Å². The zero-order valence-electron chi connectivity index (χ0n) is 15.8. The minimum absolute atomic E-state index is 0.0757. The first-order valence-electron chi connectivity index (χ1n) is 9.45. The number of aryl methyl sites for hydroxylation is 1. The Hall–Kier alpha value is -3.12. The predicted octanol–water partition coefficient (Wildman–Crippen LogP) is 3.08. The van der Waals surface area contributed by atoms with Crippen LogP contribution in [0.4, 0.5) is 0 Å². The molecule has 0 unspecified atom stereocenters. The Morgan fingerprint density at radius 2 is 1.86 bits per heavy atom. The summed E-state index contributed by atoms with van der Waals surface area (Å²) in [6.45, 7) is 4.19. The van der Waals surface area contributed by atoms with Gasteiger partial charge in [0.05, 0.1) is 6.04 Å². The predicted molar refractivity (Wildman–Crippen MR) is 108 cm³/mol. The highest BCUT2D eigenvalue weighted by Crippen LogP contribution is 2.25. The number of hydrogen-bond donors (Lipinski definition) is 1. The number of aromatic nitrogens is 2. The molecule has 0 saturated carbocycles. The van der Waals surface area contributed by atoms with Crippen molar-refractivity contribution in [1.29, 1.82) is 0 Å². The fourth-order valence-electron chi connectivity index (χ4n) is 3.63. The largest absolute Gasteiger partial charge is 0.457 e. The molecule has 0 radical (unpaired) electrons. The second-order valence-electron chi connectivity index (χ2n) is 7.22. The van der Waals surface area contributed by atoms with Gasteiger partial charge in [-0.1, -0.05) is 30.3 Å². The highest BCUT2D eigenvalue weighted by atomic mass is 16.5. The van der Waals surface area contributed by atoms with Crippen LogP contribution in [0.25, 0.3) is 0 Å². The summed E-state index contributed by atoms with van der Waals surface area (Å²) in [6.07, 6.45) is 2.55. The minimum Gasteiger partial charge on any atom is -0.457 e. The Bertz CT molecular complexity index is 1070. The lowest BCUT2D eigenvalue weighted by atomic mass is 10.2. The normalized spacial score (nSPS) is 17.0. The third-order valence-corrected chi connectivity index (χ3v) is 5.07. The van der Waals surface area contributed by atoms with Crippen molar-refractivity contribution in [2.75, 3.05) is 13.1 Å². The van der Waals surface area contributed by atoms with Gasteiger partial charge in [-0.2, -0.15) is 0 Å². The number of H-pyrrole nitrogens is 1. The molecule has 1 saturated heterocycles. The Labute approximate surface area is 163 Å². The highest BCUT2D eigenvalue weighted by Gasteiger charge is 2.25. The third kappa shape index (κ3) is 4.07. The standard InChI is InChI=1S/C22H23N3O3/c1-16-13-25(22(27)23-21(16)26)18-10-11-24(15-18)14-17-6-5-9-20(12-17)28-19-7-3-2-4-8-19/h2-9,12-13,18H,10-11,14-15H2,1H3,(H,23,26,27)/t18-/m1/s1. The Morgan fingerprint density at radius 3 is 2.68 bits per heavy atom. The molecule has 1 aliphatic heterocycles. The average molecular weight is 377 g/mol. The van der Waals surface area contributed by atoms with Crippen LogP contribution in [0.15, 0.2) is 70.4 Å². The van der Waals surface area contributed by atoms with Crippen molar-refractivity contribution in [3.8, 4) is 11.5 Å². The van der Waals surface area contributed by atoms with Crippen molar-refractivity contribution < 1.29 is 4.74 Å². The lowest BCUT2D eigenvalue weighted by molar-refractivity contribution is 0.313. The van der Waals surface area contributed by atoms with Crippen molar-refractivity contribution in [2.45, 2.75) is 25.9 Å². The van der Waals surface area contributed by atoms with E-state index in [4.69, 9.17) is 4.74 Å². The summed E-state index contributed by atoms with van der Waals surface area (Å²) in [7, 11) is 0. The Morgan fingerprint density at radius 1 is 1.07 bits per heavy atom. The first-order chi connectivity index (χ1) is 13.6. The Balaban J connectivity index is 1.43. The van der Waals surface area contributed by atoms with Crippen molar-refractivity contribution in [3.63, 3.8) is 0 Å². The zero-order valence-corrected chi connectivity index (χ0v) is 15.8. The molecule has 1 N–H and O–H groups in total. The number of nitrogens with one attached hydrogen (secondary N) is 1. The van der Waals surface area contributed by atoms with Crippen molar-refractivity contribution in [3.05, 3.63) is 92.8 Å². The lowest BCUT2D eigenvalue weighted by Gasteiger charge is -2.18. The highest BCUT2D eigenvalue weighted by molar-refractivity contribution is 5.33. The first kappa shape index (κ1) is 18.3. The van der Waals surface area contributed by atoms with E-state index >= 15 is 0 Å². The van der Waals surface area contributed by atoms with Crippen molar-refractivity contribution in [1.82, 2.24) is 14.5 Å². The molecule has 6 heteroatoms. The molecule has 28 heavy (non-hydrogen) atoms. The molecule has 0 aliphatic carbocycles. The number of benzene rings is 2. The van der Waals surface area contributed by atoms with Gasteiger partial charge >= 0.3 is 5.69 Å². The summed E-state index contributed by atoms with van der Waals surface area (Å²) in [6, 6.07) is 17.9. The van der Waals surface area contributed by atoms with E-state index in [2.05, 4.69) is 22.0 Å². The Kier molecular flexibility index (Phi) is 5.12. The number of hydrogen-bond acceptors (Lipinski definition) is 4. The van der Waals surface area contributed by atoms with Gasteiger partial charge in [0.15, 0.2) is 0 Å². The van der Waals surface area contributed by atoms with Crippen LogP contribution >= 0.6 is 0 Å². The van der Waals surface area contributed by atoms with E-state index in [1.54, 1.807) is 17.7 Å². The second kappa shape index (κ2) is 7.86. The van der Waals surface area contributed by atoms with Crippen LogP contribution < -0.4 is 16.0 Å². The number of nitrogens with zero attached hydrogens (tertiary/aromatic N) is 2. The van der Waals surface area contributed by atoms with E-state index in [1.165, 1.54) is 5.56 Å². The van der Waals surface area contributed by atoms with E-state index < -0.39 is 0 Å². The summed E-state index contributed by atoms with van der Waals surface area (Å²) in [5.74, 6) is 1.63. The van der Waals surface area contributed by atoms with E-state index in [1.807, 2.05) is 42.5 Å². The average Bonchev–Trinajstić information content (AvgIpc) is 3.14. The van der Waals surface area contributed by atoms with Gasteiger partial charge in [-0.15, -0.1) is 0 Å². The van der Waals surface area contributed by atoms with Gasteiger partial charge < -0.3 is 4.74 Å². The second-order valence-corrected chi connectivity index (χ2v) is 7.22. The molecule has 1 atom stereocenters. The van der Waals surface area contributed by atoms with Crippen LogP contribution in [0, 0.1) is 6.92 Å². The van der Waals surface area contributed by atoms with E-state index in [0.29, 0.717) is 5.56 Å². The smallest absolute Gasteiger partial charge is 0.328 e. The third-order valence-electron chi connectivity index (χ3n) is 5.07. The van der Waals surface area contributed by atoms with E-state index in [0.717, 1.165) is 37.6 Å². The SMILES string of the molecule is Cc1cn([C@@H]2CCN(Cc3cccc(Oc4ccccc4)c3)C2)c(=O)[nH]c1=O. The molecule has 4 rings (SSSR count). The molecule has 0 amide bonds. The molecular formula is C22H23N3O3. The summed E-state index contributed by atoms with van der Waals surface area (Å²) in [4.78, 5) is 28.4. The topological polar surface area (TPSA) is 67.3 Å². The fraction of sp³-hybridized carbons (Fsp3) is 0.273. The molecule has 1 fully saturated rings.